The minimum absolute atomic E-state index is 0.0327. The number of ether oxygens (including phenoxy) is 1. The lowest BCUT2D eigenvalue weighted by atomic mass is 10.00. The predicted octanol–water partition coefficient (Wildman–Crippen LogP) is 2.37. The number of rotatable bonds is 5. The van der Waals surface area contributed by atoms with Crippen LogP contribution in [0.2, 0.25) is 0 Å². The summed E-state index contributed by atoms with van der Waals surface area (Å²) < 4.78 is 42.4. The third-order valence-electron chi connectivity index (χ3n) is 2.67. The fourth-order valence-electron chi connectivity index (χ4n) is 1.87. The van der Waals surface area contributed by atoms with Gasteiger partial charge in [-0.25, -0.2) is 9.82 Å². The predicted molar refractivity (Wildman–Crippen MR) is 66.4 cm³/mol. The van der Waals surface area contributed by atoms with Crippen molar-refractivity contribution in [2.75, 3.05) is 0 Å². The highest BCUT2D eigenvalue weighted by Gasteiger charge is 2.19. The summed E-state index contributed by atoms with van der Waals surface area (Å²) in [6.07, 6.45) is 2.44. The minimum Gasteiger partial charge on any atom is -0.434 e. The fourth-order valence-corrected chi connectivity index (χ4v) is 1.87. The molecule has 0 saturated heterocycles. The number of aromatic nitrogens is 1. The van der Waals surface area contributed by atoms with Crippen molar-refractivity contribution in [2.45, 2.75) is 12.7 Å². The van der Waals surface area contributed by atoms with Gasteiger partial charge in [0.15, 0.2) is 0 Å². The highest BCUT2D eigenvalue weighted by Crippen LogP contribution is 2.30. The second-order valence-electron chi connectivity index (χ2n) is 3.95. The molecule has 2 rings (SSSR count). The number of pyridine rings is 1. The van der Waals surface area contributed by atoms with Crippen LogP contribution in [0.5, 0.6) is 5.75 Å². The van der Waals surface area contributed by atoms with E-state index in [1.807, 2.05) is 0 Å². The number of nitrogens with zero attached hydrogens (tertiary/aromatic N) is 1. The number of hydrogen-bond acceptors (Lipinski definition) is 4. The van der Waals surface area contributed by atoms with E-state index in [0.29, 0.717) is 11.1 Å². The molecular formula is C13H12F3N3O. The number of nitrogens with one attached hydrogen (secondary N) is 1. The molecule has 0 aliphatic carbocycles. The van der Waals surface area contributed by atoms with Crippen molar-refractivity contribution in [3.8, 4) is 5.75 Å². The number of alkyl halides is 2. The second kappa shape index (κ2) is 6.36. The van der Waals surface area contributed by atoms with Crippen LogP contribution in [0.25, 0.3) is 0 Å². The van der Waals surface area contributed by atoms with Gasteiger partial charge in [0.2, 0.25) is 0 Å². The summed E-state index contributed by atoms with van der Waals surface area (Å²) in [5, 5.41) is 0. The Morgan fingerprint density at radius 1 is 1.20 bits per heavy atom. The minimum atomic E-state index is -2.96. The summed E-state index contributed by atoms with van der Waals surface area (Å²) in [4.78, 5) is 3.71. The number of hydrazine groups is 1. The third kappa shape index (κ3) is 3.25. The lowest BCUT2D eigenvalue weighted by Crippen LogP contribution is -2.29. The van der Waals surface area contributed by atoms with Crippen LogP contribution in [-0.2, 0) is 0 Å². The summed E-state index contributed by atoms with van der Waals surface area (Å²) in [5.74, 6) is 4.86. The van der Waals surface area contributed by atoms with E-state index in [0.717, 1.165) is 6.20 Å². The van der Waals surface area contributed by atoms with Gasteiger partial charge in [0.05, 0.1) is 12.2 Å². The lowest BCUT2D eigenvalue weighted by molar-refractivity contribution is -0.0506. The van der Waals surface area contributed by atoms with Gasteiger partial charge in [-0.1, -0.05) is 18.2 Å². The zero-order chi connectivity index (χ0) is 14.5. The average molecular weight is 283 g/mol. The summed E-state index contributed by atoms with van der Waals surface area (Å²) in [6, 6.07) is 6.65. The maximum absolute atomic E-state index is 13.2. The largest absolute Gasteiger partial charge is 0.434 e. The number of para-hydroxylation sites is 1. The first-order valence-corrected chi connectivity index (χ1v) is 5.72. The molecule has 0 fully saturated rings. The third-order valence-corrected chi connectivity index (χ3v) is 2.67. The van der Waals surface area contributed by atoms with Gasteiger partial charge in [-0.05, 0) is 17.7 Å². The maximum Gasteiger partial charge on any atom is 0.387 e. The van der Waals surface area contributed by atoms with E-state index in [1.54, 1.807) is 18.2 Å². The van der Waals surface area contributed by atoms with Gasteiger partial charge in [-0.15, -0.1) is 0 Å². The van der Waals surface area contributed by atoms with Gasteiger partial charge in [0, 0.05) is 11.8 Å². The Morgan fingerprint density at radius 2 is 1.95 bits per heavy atom. The second-order valence-corrected chi connectivity index (χ2v) is 3.95. The molecule has 0 amide bonds. The van der Waals surface area contributed by atoms with E-state index in [4.69, 9.17) is 5.84 Å². The molecule has 7 heteroatoms. The molecule has 1 aromatic heterocycles. The van der Waals surface area contributed by atoms with Crippen molar-refractivity contribution < 1.29 is 17.9 Å². The van der Waals surface area contributed by atoms with Crippen molar-refractivity contribution in [1.29, 1.82) is 0 Å². The smallest absolute Gasteiger partial charge is 0.387 e. The van der Waals surface area contributed by atoms with Crippen LogP contribution in [0.3, 0.4) is 0 Å². The summed E-state index contributed by atoms with van der Waals surface area (Å²) in [6.45, 7) is -2.96. The fraction of sp³-hybridized carbons (Fsp3) is 0.154. The molecule has 0 aliphatic heterocycles. The molecule has 0 saturated carbocycles. The average Bonchev–Trinajstić information content (AvgIpc) is 2.41. The van der Waals surface area contributed by atoms with Crippen LogP contribution in [0, 0.1) is 5.82 Å². The SMILES string of the molecule is NNC(c1cncc(F)c1)c1ccccc1OC(F)F. The van der Waals surface area contributed by atoms with Crippen LogP contribution in [0.4, 0.5) is 13.2 Å². The highest BCUT2D eigenvalue weighted by atomic mass is 19.3. The molecule has 1 aromatic carbocycles. The molecule has 1 atom stereocenters. The topological polar surface area (TPSA) is 60.2 Å². The zero-order valence-electron chi connectivity index (χ0n) is 10.3. The summed E-state index contributed by atoms with van der Waals surface area (Å²) in [7, 11) is 0. The standard InChI is InChI=1S/C13H12F3N3O/c14-9-5-8(6-18-7-9)12(19-17)10-3-1-2-4-11(10)20-13(15)16/h1-7,12-13,19H,17H2. The van der Waals surface area contributed by atoms with Crippen molar-refractivity contribution in [2.24, 2.45) is 5.84 Å². The number of nitrogens with two attached hydrogens (primary N) is 1. The zero-order valence-corrected chi connectivity index (χ0v) is 10.3. The Labute approximate surface area is 113 Å². The normalized spacial score (nSPS) is 12.4. The van der Waals surface area contributed by atoms with E-state index in [2.05, 4.69) is 15.1 Å². The number of halogens is 3. The molecule has 20 heavy (non-hydrogen) atoms. The molecule has 0 aliphatic rings. The first-order valence-electron chi connectivity index (χ1n) is 5.72. The van der Waals surface area contributed by atoms with Gasteiger partial charge >= 0.3 is 6.61 Å². The Morgan fingerprint density at radius 3 is 2.60 bits per heavy atom. The first-order chi connectivity index (χ1) is 9.61. The van der Waals surface area contributed by atoms with Crippen molar-refractivity contribution in [3.63, 3.8) is 0 Å². The van der Waals surface area contributed by atoms with Gasteiger partial charge in [-0.3, -0.25) is 10.8 Å². The molecule has 1 heterocycles. The van der Waals surface area contributed by atoms with E-state index in [-0.39, 0.29) is 5.75 Å². The summed E-state index contributed by atoms with van der Waals surface area (Å²) >= 11 is 0. The Balaban J connectivity index is 2.41. The Hall–Kier alpha value is -2.12. The monoisotopic (exact) mass is 283 g/mol. The first kappa shape index (κ1) is 14.3. The van der Waals surface area contributed by atoms with E-state index in [9.17, 15) is 13.2 Å². The quantitative estimate of drug-likeness (QED) is 0.653. The van der Waals surface area contributed by atoms with Crippen molar-refractivity contribution in [3.05, 3.63) is 59.7 Å². The van der Waals surface area contributed by atoms with Crippen LogP contribution < -0.4 is 16.0 Å². The molecular weight excluding hydrogens is 271 g/mol. The van der Waals surface area contributed by atoms with E-state index < -0.39 is 18.5 Å². The summed E-state index contributed by atoms with van der Waals surface area (Å²) in [5.41, 5.74) is 3.21. The molecule has 0 bridgehead atoms. The van der Waals surface area contributed by atoms with Crippen molar-refractivity contribution >= 4 is 0 Å². The van der Waals surface area contributed by atoms with E-state index in [1.165, 1.54) is 18.3 Å². The van der Waals surface area contributed by atoms with Gasteiger partial charge in [0.1, 0.15) is 11.6 Å². The molecule has 1 unspecified atom stereocenters. The van der Waals surface area contributed by atoms with Crippen LogP contribution in [0.15, 0.2) is 42.7 Å². The van der Waals surface area contributed by atoms with Gasteiger partial charge < -0.3 is 4.74 Å². The molecule has 3 N–H and O–H groups in total. The van der Waals surface area contributed by atoms with Gasteiger partial charge in [-0.2, -0.15) is 8.78 Å². The van der Waals surface area contributed by atoms with E-state index >= 15 is 0 Å². The van der Waals surface area contributed by atoms with Crippen LogP contribution in [-0.4, -0.2) is 11.6 Å². The molecule has 4 nitrogen and oxygen atoms in total. The molecule has 0 spiro atoms. The van der Waals surface area contributed by atoms with Gasteiger partial charge in [0.25, 0.3) is 0 Å². The molecule has 2 aromatic rings. The van der Waals surface area contributed by atoms with Crippen LogP contribution >= 0.6 is 0 Å². The number of hydrogen-bond donors (Lipinski definition) is 2. The van der Waals surface area contributed by atoms with Crippen molar-refractivity contribution in [1.82, 2.24) is 10.4 Å². The Kier molecular flexibility index (Phi) is 4.54. The maximum atomic E-state index is 13.2. The molecule has 0 radical (unpaired) electrons. The van der Waals surface area contributed by atoms with Crippen LogP contribution in [0.1, 0.15) is 17.2 Å². The molecule has 106 valence electrons. The highest BCUT2D eigenvalue weighted by molar-refractivity contribution is 5.41. The number of benzene rings is 1. The Bertz CT molecular complexity index is 580. The lowest BCUT2D eigenvalue weighted by Gasteiger charge is -2.19.